The van der Waals surface area contributed by atoms with Crippen molar-refractivity contribution in [2.24, 2.45) is 5.92 Å². The van der Waals surface area contributed by atoms with Gasteiger partial charge in [0.1, 0.15) is 54.9 Å². The SMILES string of the molecule is CO[C@@H]1OC(CC[C@@H]2OC(CO)[C@@H](O)C(O)C2O)[C@@H](O)C(C[C@@H]2OC(CO)[C@@H](O)C(O)C2O)C1O. The number of aliphatic hydroxyl groups is 10. The maximum atomic E-state index is 11.0. The molecule has 0 aromatic rings. The molecule has 35 heavy (non-hydrogen) atoms. The monoisotopic (exact) mass is 514 g/mol. The van der Waals surface area contributed by atoms with Gasteiger partial charge < -0.3 is 70.0 Å². The highest BCUT2D eigenvalue weighted by atomic mass is 16.7. The molecule has 3 rings (SSSR count). The third-order valence-corrected chi connectivity index (χ3v) is 7.30. The first kappa shape index (κ1) is 29.0. The van der Waals surface area contributed by atoms with Gasteiger partial charge in [-0.3, -0.25) is 0 Å². The maximum absolute atomic E-state index is 11.0. The number of aliphatic hydroxyl groups excluding tert-OH is 10. The summed E-state index contributed by atoms with van der Waals surface area (Å²) in [5, 5.41) is 101. The largest absolute Gasteiger partial charge is 0.394 e. The van der Waals surface area contributed by atoms with E-state index in [-0.39, 0.29) is 19.3 Å². The van der Waals surface area contributed by atoms with E-state index in [0.29, 0.717) is 0 Å². The van der Waals surface area contributed by atoms with Gasteiger partial charge in [-0.25, -0.2) is 0 Å². The second-order valence-corrected chi connectivity index (χ2v) is 9.47. The van der Waals surface area contributed by atoms with Gasteiger partial charge in [0.25, 0.3) is 0 Å². The molecule has 9 unspecified atom stereocenters. The van der Waals surface area contributed by atoms with Crippen LogP contribution in [0, 0.1) is 5.92 Å². The molecule has 0 amide bonds. The summed E-state index contributed by atoms with van der Waals surface area (Å²) in [6.45, 7) is -1.20. The summed E-state index contributed by atoms with van der Waals surface area (Å²) in [4.78, 5) is 0. The van der Waals surface area contributed by atoms with E-state index in [1.165, 1.54) is 7.11 Å². The van der Waals surface area contributed by atoms with Crippen LogP contribution in [0.1, 0.15) is 19.3 Å². The zero-order valence-electron chi connectivity index (χ0n) is 19.3. The Balaban J connectivity index is 1.69. The van der Waals surface area contributed by atoms with Crippen molar-refractivity contribution < 1.29 is 70.0 Å². The molecule has 10 N–H and O–H groups in total. The zero-order valence-corrected chi connectivity index (χ0v) is 19.3. The van der Waals surface area contributed by atoms with Crippen LogP contribution in [0.2, 0.25) is 0 Å². The van der Waals surface area contributed by atoms with E-state index >= 15 is 0 Å². The summed E-state index contributed by atoms with van der Waals surface area (Å²) in [6.07, 6.45) is -18.4. The summed E-state index contributed by atoms with van der Waals surface area (Å²) in [5.74, 6) is -0.977. The van der Waals surface area contributed by atoms with Crippen LogP contribution < -0.4 is 0 Å². The molecule has 14 nitrogen and oxygen atoms in total. The van der Waals surface area contributed by atoms with Gasteiger partial charge in [0.05, 0.1) is 37.6 Å². The van der Waals surface area contributed by atoms with Gasteiger partial charge in [-0.15, -0.1) is 0 Å². The van der Waals surface area contributed by atoms with Crippen LogP contribution in [0.25, 0.3) is 0 Å². The zero-order chi connectivity index (χ0) is 26.0. The van der Waals surface area contributed by atoms with Gasteiger partial charge in [0, 0.05) is 13.0 Å². The molecule has 3 aliphatic heterocycles. The van der Waals surface area contributed by atoms with Crippen LogP contribution >= 0.6 is 0 Å². The average Bonchev–Trinajstić information content (AvgIpc) is 2.85. The Morgan fingerprint density at radius 3 is 1.43 bits per heavy atom. The molecule has 0 bridgehead atoms. The predicted molar refractivity (Wildman–Crippen MR) is 113 cm³/mol. The molecular formula is C21H38O14. The number of methoxy groups -OCH3 is 1. The Bertz CT molecular complexity index is 652. The van der Waals surface area contributed by atoms with E-state index in [2.05, 4.69) is 0 Å². The lowest BCUT2D eigenvalue weighted by atomic mass is 9.80. The number of ether oxygens (including phenoxy) is 4. The van der Waals surface area contributed by atoms with Gasteiger partial charge in [0.2, 0.25) is 0 Å². The van der Waals surface area contributed by atoms with E-state index in [1.54, 1.807) is 0 Å². The van der Waals surface area contributed by atoms with Crippen molar-refractivity contribution >= 4 is 0 Å². The second-order valence-electron chi connectivity index (χ2n) is 9.47. The molecule has 0 aromatic carbocycles. The summed E-state index contributed by atoms with van der Waals surface area (Å²) in [7, 11) is 1.28. The molecule has 15 atom stereocenters. The van der Waals surface area contributed by atoms with Crippen LogP contribution in [0.4, 0.5) is 0 Å². The van der Waals surface area contributed by atoms with Crippen LogP contribution in [-0.4, -0.2) is 157 Å². The lowest BCUT2D eigenvalue weighted by molar-refractivity contribution is -0.292. The lowest BCUT2D eigenvalue weighted by Gasteiger charge is -2.46. The standard InChI is InChI=1S/C21H38O14/c1-32-21-14(25)7(4-10-16(27)20(31)18(29)12(6-23)34-10)13(24)8(35-21)2-3-9-15(26)19(30)17(28)11(5-22)33-9/h7-31H,2-6H2,1H3/t7?,8?,9-,10-,11?,12?,13-,14?,15?,16?,17+,18+,19?,20?,21+/m0/s1. The molecule has 3 fully saturated rings. The van der Waals surface area contributed by atoms with Crippen molar-refractivity contribution in [2.75, 3.05) is 20.3 Å². The summed E-state index contributed by atoms with van der Waals surface area (Å²) >= 11 is 0. The molecule has 3 aliphatic rings. The summed E-state index contributed by atoms with van der Waals surface area (Å²) in [5.41, 5.74) is 0. The average molecular weight is 515 g/mol. The van der Waals surface area contributed by atoms with Crippen molar-refractivity contribution in [3.05, 3.63) is 0 Å². The van der Waals surface area contributed by atoms with Gasteiger partial charge in [-0.2, -0.15) is 0 Å². The Labute approximate surface area is 201 Å². The third kappa shape index (κ3) is 5.97. The van der Waals surface area contributed by atoms with Gasteiger partial charge >= 0.3 is 0 Å². The Morgan fingerprint density at radius 2 is 0.943 bits per heavy atom. The Kier molecular flexibility index (Phi) is 10.2. The first-order valence-electron chi connectivity index (χ1n) is 11.7. The molecule has 0 radical (unpaired) electrons. The molecule has 0 spiro atoms. The molecule has 0 aliphatic carbocycles. The van der Waals surface area contributed by atoms with Crippen LogP contribution in [0.15, 0.2) is 0 Å². The van der Waals surface area contributed by atoms with E-state index in [9.17, 15) is 51.1 Å². The highest BCUT2D eigenvalue weighted by Gasteiger charge is 2.50. The van der Waals surface area contributed by atoms with E-state index < -0.39 is 105 Å². The maximum Gasteiger partial charge on any atom is 0.183 e. The van der Waals surface area contributed by atoms with Crippen molar-refractivity contribution in [1.29, 1.82) is 0 Å². The molecule has 0 saturated carbocycles. The normalized spacial score (nSPS) is 51.3. The van der Waals surface area contributed by atoms with E-state index in [1.807, 2.05) is 0 Å². The topological polar surface area (TPSA) is 239 Å². The molecular weight excluding hydrogens is 476 g/mol. The third-order valence-electron chi connectivity index (χ3n) is 7.30. The summed E-state index contributed by atoms with van der Waals surface area (Å²) in [6, 6.07) is 0. The van der Waals surface area contributed by atoms with Crippen LogP contribution in [-0.2, 0) is 18.9 Å². The van der Waals surface area contributed by atoms with E-state index in [0.717, 1.165) is 0 Å². The van der Waals surface area contributed by atoms with Gasteiger partial charge in [0.15, 0.2) is 6.29 Å². The number of hydrogen-bond acceptors (Lipinski definition) is 14. The summed E-state index contributed by atoms with van der Waals surface area (Å²) < 4.78 is 21.8. The fourth-order valence-electron chi connectivity index (χ4n) is 5.11. The van der Waals surface area contributed by atoms with Gasteiger partial charge in [-0.1, -0.05) is 0 Å². The van der Waals surface area contributed by atoms with Gasteiger partial charge in [-0.05, 0) is 19.3 Å². The highest BCUT2D eigenvalue weighted by molar-refractivity contribution is 4.98. The lowest BCUT2D eigenvalue weighted by Crippen LogP contribution is -2.61. The first-order chi connectivity index (χ1) is 16.5. The smallest absolute Gasteiger partial charge is 0.183 e. The predicted octanol–water partition coefficient (Wildman–Crippen LogP) is -5.45. The Hall–Kier alpha value is -0.560. The van der Waals surface area contributed by atoms with E-state index in [4.69, 9.17) is 18.9 Å². The molecule has 3 saturated heterocycles. The molecule has 3 heterocycles. The van der Waals surface area contributed by atoms with Crippen molar-refractivity contribution in [2.45, 2.75) is 105 Å². The second kappa shape index (κ2) is 12.3. The van der Waals surface area contributed by atoms with Crippen molar-refractivity contribution in [3.8, 4) is 0 Å². The van der Waals surface area contributed by atoms with Crippen molar-refractivity contribution in [1.82, 2.24) is 0 Å². The van der Waals surface area contributed by atoms with Crippen LogP contribution in [0.3, 0.4) is 0 Å². The number of hydrogen-bond donors (Lipinski definition) is 10. The van der Waals surface area contributed by atoms with Crippen LogP contribution in [0.5, 0.6) is 0 Å². The Morgan fingerprint density at radius 1 is 0.514 bits per heavy atom. The molecule has 14 heteroatoms. The molecule has 206 valence electrons. The highest BCUT2D eigenvalue weighted by Crippen LogP contribution is 2.36. The van der Waals surface area contributed by atoms with Crippen molar-refractivity contribution in [3.63, 3.8) is 0 Å². The quantitative estimate of drug-likeness (QED) is 0.145. The molecule has 0 aromatic heterocycles. The minimum atomic E-state index is -1.61. The fourth-order valence-corrected chi connectivity index (χ4v) is 5.11. The first-order valence-corrected chi connectivity index (χ1v) is 11.7. The minimum Gasteiger partial charge on any atom is -0.394 e. The minimum absolute atomic E-state index is 0.0441. The number of rotatable bonds is 8. The fraction of sp³-hybridized carbons (Fsp3) is 1.00.